The molecule has 0 saturated carbocycles. The van der Waals surface area contributed by atoms with Crippen LogP contribution in [0.1, 0.15) is 36.1 Å². The van der Waals surface area contributed by atoms with Crippen LogP contribution < -0.4 is 26.4 Å². The molecule has 37 heavy (non-hydrogen) atoms. The lowest BCUT2D eigenvalue weighted by molar-refractivity contribution is -0.119. The van der Waals surface area contributed by atoms with Gasteiger partial charge in [-0.3, -0.25) is 4.79 Å². The predicted molar refractivity (Wildman–Crippen MR) is 140 cm³/mol. The molecule has 1 amide bonds. The second-order valence-corrected chi connectivity index (χ2v) is 9.36. The molecule has 3 heterocycles. The second kappa shape index (κ2) is 8.88. The van der Waals surface area contributed by atoms with Gasteiger partial charge in [0.05, 0.1) is 17.2 Å². The smallest absolute Gasteiger partial charge is 0.237 e. The minimum Gasteiger partial charge on any atom is -0.474 e. The highest BCUT2D eigenvalue weighted by atomic mass is 19.1. The Bertz CT molecular complexity index is 1570. The number of ether oxygens (including phenoxy) is 1. The van der Waals surface area contributed by atoms with Gasteiger partial charge in [-0.2, -0.15) is 0 Å². The van der Waals surface area contributed by atoms with Gasteiger partial charge in [-0.25, -0.2) is 19.3 Å². The molecule has 0 fully saturated rings. The summed E-state index contributed by atoms with van der Waals surface area (Å²) in [4.78, 5) is 24.9. The zero-order valence-electron chi connectivity index (χ0n) is 20.5. The molecule has 10 heteroatoms. The van der Waals surface area contributed by atoms with Crippen LogP contribution in [0.25, 0.3) is 22.0 Å². The van der Waals surface area contributed by atoms with E-state index in [-0.39, 0.29) is 17.6 Å². The zero-order chi connectivity index (χ0) is 25.7. The number of aromatic nitrogens is 3. The fraction of sp³-hybridized carbons (Fsp3) is 0.259. The Hall–Kier alpha value is -4.47. The largest absolute Gasteiger partial charge is 0.474 e. The monoisotopic (exact) mass is 499 g/mol. The number of halogens is 1. The Morgan fingerprint density at radius 1 is 1.22 bits per heavy atom. The van der Waals surface area contributed by atoms with Crippen molar-refractivity contribution in [1.29, 1.82) is 0 Å². The topological polar surface area (TPSA) is 127 Å². The van der Waals surface area contributed by atoms with Crippen molar-refractivity contribution in [3.05, 3.63) is 59.2 Å². The third-order valence-electron chi connectivity index (χ3n) is 6.95. The number of anilines is 4. The van der Waals surface area contributed by atoms with Crippen molar-refractivity contribution in [2.45, 2.75) is 32.7 Å². The fourth-order valence-corrected chi connectivity index (χ4v) is 5.14. The maximum Gasteiger partial charge on any atom is 0.237 e. The standard InChI is InChI=1S/C27H26FN7O2/c1-13-19(11-31-26-25(13)30-7-8-37-26)18-10-22-20(24(29)23(18)28)12-32-27(35-22)34-16-4-5-17-15(9-16)3-6-21(17)33-14(2)36/h4-5,9-12,21,30H,3,6-8,29H2,1-2H3,(H,33,36)(H,32,34,35)/t21-/m1/s1. The summed E-state index contributed by atoms with van der Waals surface area (Å²) in [5, 5.41) is 9.95. The quantitative estimate of drug-likeness (QED) is 0.305. The summed E-state index contributed by atoms with van der Waals surface area (Å²) in [5.41, 5.74) is 12.3. The molecule has 1 aliphatic carbocycles. The summed E-state index contributed by atoms with van der Waals surface area (Å²) >= 11 is 0. The number of rotatable bonds is 4. The van der Waals surface area contributed by atoms with Crippen LogP contribution in [-0.4, -0.2) is 34.0 Å². The van der Waals surface area contributed by atoms with Gasteiger partial charge >= 0.3 is 0 Å². The van der Waals surface area contributed by atoms with Gasteiger partial charge in [0.25, 0.3) is 0 Å². The van der Waals surface area contributed by atoms with Crippen molar-refractivity contribution in [2.24, 2.45) is 0 Å². The summed E-state index contributed by atoms with van der Waals surface area (Å²) in [5.74, 6) is 0.306. The Balaban J connectivity index is 1.34. The number of hydrogen-bond donors (Lipinski definition) is 4. The zero-order valence-corrected chi connectivity index (χ0v) is 20.5. The Kier molecular flexibility index (Phi) is 5.51. The van der Waals surface area contributed by atoms with E-state index in [0.717, 1.165) is 35.3 Å². The minimum absolute atomic E-state index is 0.0121. The SMILES string of the molecule is CC(=O)N[C@@H]1CCc2cc(Nc3ncc4c(N)c(F)c(-c5cnc6c(c5C)NCCO6)cc4n3)ccc21. The van der Waals surface area contributed by atoms with Crippen molar-refractivity contribution < 1.29 is 13.9 Å². The number of amides is 1. The maximum absolute atomic E-state index is 15.4. The average molecular weight is 500 g/mol. The fourth-order valence-electron chi connectivity index (χ4n) is 5.14. The lowest BCUT2D eigenvalue weighted by Crippen LogP contribution is -2.24. The van der Waals surface area contributed by atoms with Gasteiger partial charge in [-0.1, -0.05) is 6.07 Å². The van der Waals surface area contributed by atoms with Crippen LogP contribution in [0.5, 0.6) is 5.88 Å². The number of fused-ring (bicyclic) bond motifs is 3. The van der Waals surface area contributed by atoms with Crippen LogP contribution in [0.15, 0.2) is 36.7 Å². The Labute approximate surface area is 212 Å². The van der Waals surface area contributed by atoms with Gasteiger partial charge in [0, 0.05) is 48.1 Å². The molecule has 2 aliphatic rings. The Morgan fingerprint density at radius 3 is 2.92 bits per heavy atom. The summed E-state index contributed by atoms with van der Waals surface area (Å²) in [6.45, 7) is 4.61. The number of pyridine rings is 1. The van der Waals surface area contributed by atoms with Gasteiger partial charge in [-0.15, -0.1) is 0 Å². The first-order valence-corrected chi connectivity index (χ1v) is 12.2. The van der Waals surface area contributed by atoms with Crippen LogP contribution in [-0.2, 0) is 11.2 Å². The predicted octanol–water partition coefficient (Wildman–Crippen LogP) is 4.39. The molecule has 0 saturated heterocycles. The van der Waals surface area contributed by atoms with E-state index in [1.54, 1.807) is 12.3 Å². The van der Waals surface area contributed by atoms with Gasteiger partial charge in [0.2, 0.25) is 17.7 Å². The number of benzene rings is 2. The van der Waals surface area contributed by atoms with E-state index in [1.165, 1.54) is 18.7 Å². The van der Waals surface area contributed by atoms with Crippen LogP contribution in [0.2, 0.25) is 0 Å². The number of nitrogen functional groups attached to an aromatic ring is 1. The summed E-state index contributed by atoms with van der Waals surface area (Å²) in [6.07, 6.45) is 4.88. The lowest BCUT2D eigenvalue weighted by atomic mass is 9.98. The van der Waals surface area contributed by atoms with Crippen molar-refractivity contribution in [2.75, 3.05) is 29.5 Å². The molecular formula is C27H26FN7O2. The van der Waals surface area contributed by atoms with Crippen molar-refractivity contribution in [1.82, 2.24) is 20.3 Å². The first-order valence-electron chi connectivity index (χ1n) is 12.2. The molecule has 1 atom stereocenters. The number of hydrogen-bond acceptors (Lipinski definition) is 8. The molecule has 2 aromatic carbocycles. The van der Waals surface area contributed by atoms with E-state index in [4.69, 9.17) is 10.5 Å². The first kappa shape index (κ1) is 23.0. The van der Waals surface area contributed by atoms with E-state index < -0.39 is 5.82 Å². The molecule has 0 bridgehead atoms. The van der Waals surface area contributed by atoms with E-state index in [2.05, 4.69) is 30.9 Å². The molecule has 188 valence electrons. The first-order chi connectivity index (χ1) is 17.9. The van der Waals surface area contributed by atoms with E-state index in [9.17, 15) is 4.79 Å². The van der Waals surface area contributed by atoms with Crippen LogP contribution in [0.3, 0.4) is 0 Å². The second-order valence-electron chi connectivity index (χ2n) is 9.36. The number of carbonyl (C=O) groups is 1. The summed E-state index contributed by atoms with van der Waals surface area (Å²) < 4.78 is 21.0. The molecule has 0 spiro atoms. The molecular weight excluding hydrogens is 473 g/mol. The van der Waals surface area contributed by atoms with Crippen molar-refractivity contribution >= 4 is 39.8 Å². The number of aryl methyl sites for hydroxylation is 1. The van der Waals surface area contributed by atoms with E-state index in [0.29, 0.717) is 47.0 Å². The molecule has 4 aromatic rings. The van der Waals surface area contributed by atoms with Gasteiger partial charge in [0.1, 0.15) is 12.3 Å². The number of nitrogens with one attached hydrogen (secondary N) is 3. The van der Waals surface area contributed by atoms with Gasteiger partial charge in [-0.05, 0) is 54.7 Å². The molecule has 9 nitrogen and oxygen atoms in total. The van der Waals surface area contributed by atoms with Gasteiger partial charge in [0.15, 0.2) is 5.82 Å². The third-order valence-corrected chi connectivity index (χ3v) is 6.95. The van der Waals surface area contributed by atoms with Crippen LogP contribution in [0.4, 0.5) is 27.4 Å². The number of nitrogens with two attached hydrogens (primary N) is 1. The highest BCUT2D eigenvalue weighted by Crippen LogP contribution is 2.39. The molecule has 0 unspecified atom stereocenters. The summed E-state index contributed by atoms with van der Waals surface area (Å²) in [7, 11) is 0. The third kappa shape index (κ3) is 4.04. The van der Waals surface area contributed by atoms with E-state index in [1.807, 2.05) is 25.1 Å². The van der Waals surface area contributed by atoms with E-state index >= 15 is 4.39 Å². The number of carbonyl (C=O) groups excluding carboxylic acids is 1. The van der Waals surface area contributed by atoms with Crippen molar-refractivity contribution in [3.63, 3.8) is 0 Å². The lowest BCUT2D eigenvalue weighted by Gasteiger charge is -2.22. The van der Waals surface area contributed by atoms with Crippen molar-refractivity contribution in [3.8, 4) is 17.0 Å². The maximum atomic E-state index is 15.4. The normalized spacial score (nSPS) is 15.9. The Morgan fingerprint density at radius 2 is 2.08 bits per heavy atom. The minimum atomic E-state index is -0.536. The highest BCUT2D eigenvalue weighted by Gasteiger charge is 2.24. The molecule has 5 N–H and O–H groups in total. The van der Waals surface area contributed by atoms with Crippen LogP contribution in [0, 0.1) is 12.7 Å². The summed E-state index contributed by atoms with van der Waals surface area (Å²) in [6, 6.07) is 7.72. The highest BCUT2D eigenvalue weighted by molar-refractivity contribution is 5.96. The molecule has 6 rings (SSSR count). The van der Waals surface area contributed by atoms with Gasteiger partial charge < -0.3 is 26.4 Å². The number of nitrogens with zero attached hydrogens (tertiary/aromatic N) is 3. The molecule has 2 aromatic heterocycles. The van der Waals surface area contributed by atoms with Crippen LogP contribution >= 0.6 is 0 Å². The molecule has 0 radical (unpaired) electrons. The molecule has 1 aliphatic heterocycles. The average Bonchev–Trinajstić information content (AvgIpc) is 3.28.